The van der Waals surface area contributed by atoms with Crippen LogP contribution in [-0.2, 0) is 6.54 Å². The summed E-state index contributed by atoms with van der Waals surface area (Å²) in [4.78, 5) is 7.33. The summed E-state index contributed by atoms with van der Waals surface area (Å²) in [6.07, 6.45) is 3.94. The van der Waals surface area contributed by atoms with E-state index in [1.807, 2.05) is 31.3 Å². The van der Waals surface area contributed by atoms with Crippen molar-refractivity contribution in [1.82, 2.24) is 15.2 Å². The number of hydrogen-bond donors (Lipinski definition) is 1. The molecule has 0 spiro atoms. The van der Waals surface area contributed by atoms with E-state index in [0.717, 1.165) is 34.6 Å². The highest BCUT2D eigenvalue weighted by Gasteiger charge is 2.19. The van der Waals surface area contributed by atoms with E-state index in [9.17, 15) is 0 Å². The number of aromatic nitrogens is 1. The average Bonchev–Trinajstić information content (AvgIpc) is 3.03. The van der Waals surface area contributed by atoms with E-state index in [1.165, 1.54) is 38.0 Å². The Morgan fingerprint density at radius 1 is 1.20 bits per heavy atom. The van der Waals surface area contributed by atoms with Gasteiger partial charge in [-0.3, -0.25) is 4.90 Å². The monoisotopic (exact) mass is 421 g/mol. The number of halogens is 3. The molecule has 3 rings (SSSR count). The van der Waals surface area contributed by atoms with Gasteiger partial charge in [0.15, 0.2) is 0 Å². The predicted octanol–water partition coefficient (Wildman–Crippen LogP) is 5.13. The van der Waals surface area contributed by atoms with Crippen LogP contribution in [0.15, 0.2) is 29.6 Å². The normalized spacial score (nSPS) is 15.4. The first-order valence-electron chi connectivity index (χ1n) is 8.32. The van der Waals surface area contributed by atoms with Gasteiger partial charge in [-0.2, -0.15) is 0 Å². The fourth-order valence-electron chi connectivity index (χ4n) is 3.12. The summed E-state index contributed by atoms with van der Waals surface area (Å²) in [6.45, 7) is 4.51. The number of hydrogen-bond acceptors (Lipinski definition) is 4. The molecular weight excluding hydrogens is 397 g/mol. The van der Waals surface area contributed by atoms with Crippen LogP contribution < -0.4 is 5.32 Å². The van der Waals surface area contributed by atoms with Crippen molar-refractivity contribution in [3.8, 4) is 10.6 Å². The van der Waals surface area contributed by atoms with E-state index in [2.05, 4.69) is 15.6 Å². The van der Waals surface area contributed by atoms with Crippen molar-refractivity contribution in [3.63, 3.8) is 0 Å². The molecule has 1 saturated heterocycles. The van der Waals surface area contributed by atoms with Crippen LogP contribution in [-0.4, -0.2) is 36.6 Å². The molecule has 2 heterocycles. The smallest absolute Gasteiger partial charge is 0.123 e. The molecule has 3 nitrogen and oxygen atoms in total. The molecule has 0 saturated carbocycles. The average molecular weight is 423 g/mol. The molecule has 0 unspecified atom stereocenters. The Bertz CT molecular complexity index is 610. The zero-order chi connectivity index (χ0) is 16.1. The maximum atomic E-state index is 5.95. The van der Waals surface area contributed by atoms with Gasteiger partial charge < -0.3 is 5.32 Å². The molecule has 0 radical (unpaired) electrons. The van der Waals surface area contributed by atoms with Gasteiger partial charge in [-0.1, -0.05) is 23.7 Å². The van der Waals surface area contributed by atoms with E-state index in [0.29, 0.717) is 0 Å². The lowest BCUT2D eigenvalue weighted by Crippen LogP contribution is -2.34. The van der Waals surface area contributed by atoms with Crippen molar-refractivity contribution in [1.29, 1.82) is 0 Å². The van der Waals surface area contributed by atoms with E-state index < -0.39 is 0 Å². The van der Waals surface area contributed by atoms with Gasteiger partial charge in [0.05, 0.1) is 5.69 Å². The topological polar surface area (TPSA) is 28.2 Å². The molecule has 1 aliphatic heterocycles. The van der Waals surface area contributed by atoms with Crippen LogP contribution >= 0.6 is 47.8 Å². The lowest BCUT2D eigenvalue weighted by molar-refractivity contribution is 0.171. The zero-order valence-electron chi connectivity index (χ0n) is 14.4. The molecule has 1 N–H and O–H groups in total. The molecule has 25 heavy (non-hydrogen) atoms. The Kier molecular flexibility index (Phi) is 10.3. The molecule has 7 heteroatoms. The van der Waals surface area contributed by atoms with Crippen LogP contribution in [0.25, 0.3) is 10.6 Å². The molecule has 0 bridgehead atoms. The van der Waals surface area contributed by atoms with Crippen molar-refractivity contribution in [3.05, 3.63) is 40.4 Å². The van der Waals surface area contributed by atoms with Gasteiger partial charge in [0.1, 0.15) is 5.01 Å². The van der Waals surface area contributed by atoms with Crippen molar-refractivity contribution < 1.29 is 0 Å². The minimum Gasteiger partial charge on any atom is -0.320 e. The lowest BCUT2D eigenvalue weighted by Gasteiger charge is -2.31. The SMILES string of the molecule is CNCCC1CCN(Cc2csc(-c3ccc(Cl)cc3)n2)CC1.Cl.Cl. The summed E-state index contributed by atoms with van der Waals surface area (Å²) in [5, 5.41) is 7.30. The molecule has 1 aliphatic rings. The number of benzene rings is 1. The highest BCUT2D eigenvalue weighted by molar-refractivity contribution is 7.13. The summed E-state index contributed by atoms with van der Waals surface area (Å²) in [6, 6.07) is 7.93. The van der Waals surface area contributed by atoms with Gasteiger partial charge in [0.25, 0.3) is 0 Å². The number of nitrogens with one attached hydrogen (secondary N) is 1. The Hall–Kier alpha value is -0.360. The molecule has 0 aliphatic carbocycles. The molecule has 1 aromatic heterocycles. The maximum absolute atomic E-state index is 5.95. The summed E-state index contributed by atoms with van der Waals surface area (Å²) < 4.78 is 0. The third-order valence-corrected chi connectivity index (χ3v) is 5.73. The summed E-state index contributed by atoms with van der Waals surface area (Å²) in [5.74, 6) is 0.888. The number of thiazole rings is 1. The second-order valence-corrected chi connectivity index (χ2v) is 7.56. The first-order chi connectivity index (χ1) is 11.2. The van der Waals surface area contributed by atoms with E-state index in [1.54, 1.807) is 11.3 Å². The number of nitrogens with zero attached hydrogens (tertiary/aromatic N) is 2. The second-order valence-electron chi connectivity index (χ2n) is 6.26. The van der Waals surface area contributed by atoms with Crippen molar-refractivity contribution in [2.24, 2.45) is 5.92 Å². The highest BCUT2D eigenvalue weighted by atomic mass is 35.5. The van der Waals surface area contributed by atoms with Gasteiger partial charge in [0, 0.05) is 22.5 Å². The number of likely N-dealkylation sites (tertiary alicyclic amines) is 1. The van der Waals surface area contributed by atoms with Crippen LogP contribution in [0.1, 0.15) is 25.0 Å². The second kappa shape index (κ2) is 11.4. The molecule has 2 aromatic rings. The van der Waals surface area contributed by atoms with E-state index >= 15 is 0 Å². The minimum atomic E-state index is 0. The summed E-state index contributed by atoms with van der Waals surface area (Å²) in [7, 11) is 2.04. The Balaban J connectivity index is 0.00000156. The number of piperidine rings is 1. The highest BCUT2D eigenvalue weighted by Crippen LogP contribution is 2.27. The van der Waals surface area contributed by atoms with Crippen molar-refractivity contribution in [2.75, 3.05) is 26.7 Å². The van der Waals surface area contributed by atoms with Crippen LogP contribution in [0, 0.1) is 5.92 Å². The molecule has 140 valence electrons. The third kappa shape index (κ3) is 6.70. The predicted molar refractivity (Wildman–Crippen MR) is 114 cm³/mol. The summed E-state index contributed by atoms with van der Waals surface area (Å²) >= 11 is 7.67. The molecular formula is C18H26Cl3N3S. The van der Waals surface area contributed by atoms with E-state index in [-0.39, 0.29) is 24.8 Å². The minimum absolute atomic E-state index is 0. The van der Waals surface area contributed by atoms with Crippen LogP contribution in [0.3, 0.4) is 0 Å². The van der Waals surface area contributed by atoms with Crippen molar-refractivity contribution >= 4 is 47.8 Å². The Morgan fingerprint density at radius 2 is 1.88 bits per heavy atom. The molecule has 0 amide bonds. The molecule has 1 aromatic carbocycles. The van der Waals surface area contributed by atoms with Crippen LogP contribution in [0.4, 0.5) is 0 Å². The molecule has 1 fully saturated rings. The zero-order valence-corrected chi connectivity index (χ0v) is 17.6. The van der Waals surface area contributed by atoms with Crippen LogP contribution in [0.2, 0.25) is 5.02 Å². The first-order valence-corrected chi connectivity index (χ1v) is 9.57. The fourth-order valence-corrected chi connectivity index (χ4v) is 4.06. The maximum Gasteiger partial charge on any atom is 0.123 e. The van der Waals surface area contributed by atoms with Gasteiger partial charge >= 0.3 is 0 Å². The molecule has 0 atom stereocenters. The Morgan fingerprint density at radius 3 is 2.52 bits per heavy atom. The van der Waals surface area contributed by atoms with Crippen molar-refractivity contribution in [2.45, 2.75) is 25.8 Å². The van der Waals surface area contributed by atoms with E-state index in [4.69, 9.17) is 16.6 Å². The largest absolute Gasteiger partial charge is 0.320 e. The van der Waals surface area contributed by atoms with Gasteiger partial charge in [-0.15, -0.1) is 36.2 Å². The first kappa shape index (κ1) is 22.7. The standard InChI is InChI=1S/C18H24ClN3S.2ClH/c1-20-9-6-14-7-10-22(11-8-14)12-17-13-23-18(21-17)15-2-4-16(19)5-3-15;;/h2-5,13-14,20H,6-12H2,1H3;2*1H. The fraction of sp³-hybridized carbons (Fsp3) is 0.500. The number of rotatable bonds is 6. The van der Waals surface area contributed by atoms with Gasteiger partial charge in [-0.25, -0.2) is 4.98 Å². The van der Waals surface area contributed by atoms with Crippen LogP contribution in [0.5, 0.6) is 0 Å². The third-order valence-electron chi connectivity index (χ3n) is 4.54. The lowest BCUT2D eigenvalue weighted by atomic mass is 9.93. The summed E-state index contributed by atoms with van der Waals surface area (Å²) in [5.41, 5.74) is 2.34. The van der Waals surface area contributed by atoms with Gasteiger partial charge in [0.2, 0.25) is 0 Å². The van der Waals surface area contributed by atoms with Gasteiger partial charge in [-0.05, 0) is 64.0 Å². The Labute approximate surface area is 172 Å². The quantitative estimate of drug-likeness (QED) is 0.699.